The zero-order valence-electron chi connectivity index (χ0n) is 11.5. The molecule has 0 spiro atoms. The van der Waals surface area contributed by atoms with E-state index in [0.29, 0.717) is 6.54 Å². The number of aromatic nitrogens is 2. The molecule has 0 saturated carbocycles. The first-order valence-corrected chi connectivity index (χ1v) is 6.51. The standard InChI is InChI=1S/C15H14N4O2/c1-10-17-12-6-2-3-7-13(12)18(10)9-11-5-4-8-14(15(11)16)19(20)21/h2-8H,9,16H2,1H3. The summed E-state index contributed by atoms with van der Waals surface area (Å²) in [5.74, 6) is 0.849. The Morgan fingerprint density at radius 1 is 1.24 bits per heavy atom. The van der Waals surface area contributed by atoms with Crippen LogP contribution >= 0.6 is 0 Å². The number of aryl methyl sites for hydroxylation is 1. The Hall–Kier alpha value is -2.89. The Morgan fingerprint density at radius 3 is 2.76 bits per heavy atom. The number of hydrogen-bond donors (Lipinski definition) is 1. The van der Waals surface area contributed by atoms with Crippen molar-refractivity contribution < 1.29 is 4.92 Å². The summed E-state index contributed by atoms with van der Waals surface area (Å²) in [6.45, 7) is 2.37. The molecule has 6 heteroatoms. The molecule has 0 fully saturated rings. The number of nitro groups is 1. The van der Waals surface area contributed by atoms with E-state index in [1.54, 1.807) is 12.1 Å². The fourth-order valence-electron chi connectivity index (χ4n) is 2.46. The molecule has 106 valence electrons. The molecule has 1 heterocycles. The monoisotopic (exact) mass is 282 g/mol. The lowest BCUT2D eigenvalue weighted by Crippen LogP contribution is -2.06. The molecule has 0 aliphatic rings. The number of fused-ring (bicyclic) bond motifs is 1. The minimum absolute atomic E-state index is 0.0606. The summed E-state index contributed by atoms with van der Waals surface area (Å²) < 4.78 is 2.00. The molecule has 0 unspecified atom stereocenters. The average molecular weight is 282 g/mol. The molecule has 0 amide bonds. The van der Waals surface area contributed by atoms with Crippen LogP contribution in [-0.4, -0.2) is 14.5 Å². The largest absolute Gasteiger partial charge is 0.393 e. The Bertz CT molecular complexity index is 839. The topological polar surface area (TPSA) is 87.0 Å². The minimum Gasteiger partial charge on any atom is -0.393 e. The number of anilines is 1. The Kier molecular flexibility index (Phi) is 3.06. The van der Waals surface area contributed by atoms with Crippen LogP contribution in [0.25, 0.3) is 11.0 Å². The lowest BCUT2D eigenvalue weighted by Gasteiger charge is -2.09. The molecule has 1 aromatic heterocycles. The van der Waals surface area contributed by atoms with E-state index < -0.39 is 4.92 Å². The first kappa shape index (κ1) is 13.1. The maximum absolute atomic E-state index is 11.0. The zero-order chi connectivity index (χ0) is 15.0. The third kappa shape index (κ3) is 2.20. The second-order valence-corrected chi connectivity index (χ2v) is 4.84. The lowest BCUT2D eigenvalue weighted by molar-refractivity contribution is -0.383. The number of nitrogen functional groups attached to an aromatic ring is 1. The fourth-order valence-corrected chi connectivity index (χ4v) is 2.46. The zero-order valence-corrected chi connectivity index (χ0v) is 11.5. The van der Waals surface area contributed by atoms with Gasteiger partial charge in [-0.2, -0.15) is 0 Å². The van der Waals surface area contributed by atoms with Crippen LogP contribution in [0.3, 0.4) is 0 Å². The molecule has 0 aliphatic heterocycles. The summed E-state index contributed by atoms with van der Waals surface area (Å²) in [5, 5.41) is 11.0. The summed E-state index contributed by atoms with van der Waals surface area (Å²) in [5.41, 5.74) is 8.67. The van der Waals surface area contributed by atoms with Crippen LogP contribution in [-0.2, 0) is 6.54 Å². The number of imidazole rings is 1. The van der Waals surface area contributed by atoms with E-state index in [4.69, 9.17) is 5.73 Å². The van der Waals surface area contributed by atoms with Crippen molar-refractivity contribution in [1.82, 2.24) is 9.55 Å². The minimum atomic E-state index is -0.461. The van der Waals surface area contributed by atoms with Crippen molar-refractivity contribution in [3.05, 3.63) is 64.0 Å². The van der Waals surface area contributed by atoms with Gasteiger partial charge in [0.05, 0.1) is 22.5 Å². The smallest absolute Gasteiger partial charge is 0.292 e. The van der Waals surface area contributed by atoms with Gasteiger partial charge in [0, 0.05) is 11.6 Å². The van der Waals surface area contributed by atoms with Crippen LogP contribution in [0.15, 0.2) is 42.5 Å². The maximum atomic E-state index is 11.0. The number of nitrogens with two attached hydrogens (primary N) is 1. The van der Waals surface area contributed by atoms with Crippen LogP contribution < -0.4 is 5.73 Å². The van der Waals surface area contributed by atoms with Crippen LogP contribution in [0.2, 0.25) is 0 Å². The third-order valence-electron chi connectivity index (χ3n) is 3.54. The molecule has 0 atom stereocenters. The van der Waals surface area contributed by atoms with Gasteiger partial charge in [0.25, 0.3) is 5.69 Å². The number of nitrogens with zero attached hydrogens (tertiary/aromatic N) is 3. The SMILES string of the molecule is Cc1nc2ccccc2n1Cc1cccc([N+](=O)[O-])c1N. The van der Waals surface area contributed by atoms with Gasteiger partial charge >= 0.3 is 0 Å². The van der Waals surface area contributed by atoms with Gasteiger partial charge in [-0.15, -0.1) is 0 Å². The van der Waals surface area contributed by atoms with Crippen molar-refractivity contribution >= 4 is 22.4 Å². The number of nitro benzene ring substituents is 1. The number of hydrogen-bond acceptors (Lipinski definition) is 4. The summed E-state index contributed by atoms with van der Waals surface area (Å²) in [6.07, 6.45) is 0. The van der Waals surface area contributed by atoms with Gasteiger partial charge < -0.3 is 10.3 Å². The number of rotatable bonds is 3. The van der Waals surface area contributed by atoms with Crippen molar-refractivity contribution in [2.75, 3.05) is 5.73 Å². The molecule has 6 nitrogen and oxygen atoms in total. The Morgan fingerprint density at radius 2 is 2.00 bits per heavy atom. The summed E-state index contributed by atoms with van der Waals surface area (Å²) >= 11 is 0. The molecule has 21 heavy (non-hydrogen) atoms. The van der Waals surface area contributed by atoms with E-state index in [1.807, 2.05) is 35.8 Å². The van der Waals surface area contributed by atoms with E-state index in [9.17, 15) is 10.1 Å². The van der Waals surface area contributed by atoms with Crippen molar-refractivity contribution in [2.24, 2.45) is 0 Å². The Labute approximate surface area is 121 Å². The maximum Gasteiger partial charge on any atom is 0.292 e. The molecular formula is C15H14N4O2. The van der Waals surface area contributed by atoms with E-state index in [-0.39, 0.29) is 11.4 Å². The van der Waals surface area contributed by atoms with Crippen molar-refractivity contribution in [2.45, 2.75) is 13.5 Å². The molecule has 0 aliphatic carbocycles. The fraction of sp³-hybridized carbons (Fsp3) is 0.133. The lowest BCUT2D eigenvalue weighted by atomic mass is 10.1. The van der Waals surface area contributed by atoms with Gasteiger partial charge in [-0.1, -0.05) is 24.3 Å². The second kappa shape index (κ2) is 4.90. The normalized spacial score (nSPS) is 10.9. The first-order chi connectivity index (χ1) is 10.1. The molecule has 0 radical (unpaired) electrons. The quantitative estimate of drug-likeness (QED) is 0.454. The predicted molar refractivity (Wildman–Crippen MR) is 81.1 cm³/mol. The second-order valence-electron chi connectivity index (χ2n) is 4.84. The van der Waals surface area contributed by atoms with Crippen LogP contribution in [0.4, 0.5) is 11.4 Å². The van der Waals surface area contributed by atoms with Gasteiger partial charge in [-0.3, -0.25) is 10.1 Å². The van der Waals surface area contributed by atoms with Crippen LogP contribution in [0, 0.1) is 17.0 Å². The van der Waals surface area contributed by atoms with E-state index >= 15 is 0 Å². The van der Waals surface area contributed by atoms with Crippen molar-refractivity contribution in [3.8, 4) is 0 Å². The van der Waals surface area contributed by atoms with E-state index in [2.05, 4.69) is 4.98 Å². The molecule has 2 aromatic carbocycles. The highest BCUT2D eigenvalue weighted by atomic mass is 16.6. The summed E-state index contributed by atoms with van der Waals surface area (Å²) in [6, 6.07) is 12.7. The molecule has 3 aromatic rings. The summed E-state index contributed by atoms with van der Waals surface area (Å²) in [4.78, 5) is 15.0. The van der Waals surface area contributed by atoms with E-state index in [1.165, 1.54) is 6.07 Å². The molecule has 0 bridgehead atoms. The van der Waals surface area contributed by atoms with Crippen LogP contribution in [0.5, 0.6) is 0 Å². The van der Waals surface area contributed by atoms with Crippen molar-refractivity contribution in [3.63, 3.8) is 0 Å². The van der Waals surface area contributed by atoms with Crippen molar-refractivity contribution in [1.29, 1.82) is 0 Å². The highest BCUT2D eigenvalue weighted by Crippen LogP contribution is 2.27. The molecule has 3 rings (SSSR count). The third-order valence-corrected chi connectivity index (χ3v) is 3.54. The molecule has 2 N–H and O–H groups in total. The number of para-hydroxylation sites is 3. The predicted octanol–water partition coefficient (Wildman–Crippen LogP) is 2.88. The summed E-state index contributed by atoms with van der Waals surface area (Å²) in [7, 11) is 0. The number of benzene rings is 2. The van der Waals surface area contributed by atoms with Gasteiger partial charge in [0.2, 0.25) is 0 Å². The highest BCUT2D eigenvalue weighted by molar-refractivity contribution is 5.76. The Balaban J connectivity index is 2.09. The molecule has 0 saturated heterocycles. The van der Waals surface area contributed by atoms with Gasteiger partial charge in [0.1, 0.15) is 11.5 Å². The van der Waals surface area contributed by atoms with E-state index in [0.717, 1.165) is 22.4 Å². The van der Waals surface area contributed by atoms with Gasteiger partial charge in [-0.05, 0) is 19.1 Å². The first-order valence-electron chi connectivity index (χ1n) is 6.51. The highest BCUT2D eigenvalue weighted by Gasteiger charge is 2.16. The van der Waals surface area contributed by atoms with Crippen LogP contribution in [0.1, 0.15) is 11.4 Å². The average Bonchev–Trinajstić information content (AvgIpc) is 2.77. The molecular weight excluding hydrogens is 268 g/mol. The van der Waals surface area contributed by atoms with Gasteiger partial charge in [0.15, 0.2) is 0 Å². The van der Waals surface area contributed by atoms with Gasteiger partial charge in [-0.25, -0.2) is 4.98 Å².